The van der Waals surface area contributed by atoms with Gasteiger partial charge in [0.1, 0.15) is 5.82 Å². The molecule has 0 aliphatic heterocycles. The van der Waals surface area contributed by atoms with E-state index in [4.69, 9.17) is 0 Å². The first kappa shape index (κ1) is 26.8. The third-order valence-electron chi connectivity index (χ3n) is 6.89. The Labute approximate surface area is 219 Å². The van der Waals surface area contributed by atoms with Crippen molar-refractivity contribution < 1.29 is 17.6 Å². The highest BCUT2D eigenvalue weighted by molar-refractivity contribution is 7.90. The van der Waals surface area contributed by atoms with E-state index in [9.17, 15) is 17.6 Å². The second-order valence-electron chi connectivity index (χ2n) is 9.61. The van der Waals surface area contributed by atoms with Crippen molar-refractivity contribution in [2.45, 2.75) is 51.6 Å². The quantitative estimate of drug-likeness (QED) is 0.408. The van der Waals surface area contributed by atoms with Gasteiger partial charge in [-0.3, -0.25) is 9.10 Å². The molecule has 0 heterocycles. The number of para-hydroxylation sites is 1. The molecule has 3 aromatic rings. The summed E-state index contributed by atoms with van der Waals surface area (Å²) in [6, 6.07) is 19.0. The molecule has 0 spiro atoms. The smallest absolute Gasteiger partial charge is 0.303 e. The van der Waals surface area contributed by atoms with Crippen LogP contribution in [-0.4, -0.2) is 32.7 Å². The number of hydrogen-bond acceptors (Lipinski definition) is 3. The van der Waals surface area contributed by atoms with Crippen molar-refractivity contribution in [1.82, 2.24) is 9.62 Å². The Balaban J connectivity index is 1.50. The van der Waals surface area contributed by atoms with Crippen LogP contribution in [0.1, 0.15) is 64.8 Å². The first-order valence-corrected chi connectivity index (χ1v) is 14.1. The van der Waals surface area contributed by atoms with Gasteiger partial charge in [-0.1, -0.05) is 49.4 Å². The standard InChI is InChI=1S/C29H34FN3O3S/c1-4-27(25-18-17-22-9-5-6-10-24(22)19-25)31-29(34)23-15-13-21(14-16-23)20-33(37(35,36)32(2)3)28-12-8-7-11-26(28)30/h7-8,11-19,27H,4-6,9-10,20H2,1-3H3,(H,31,34). The molecule has 0 fully saturated rings. The number of hydrogen-bond donors (Lipinski definition) is 1. The maximum absolute atomic E-state index is 14.5. The summed E-state index contributed by atoms with van der Waals surface area (Å²) in [6.45, 7) is 1.98. The monoisotopic (exact) mass is 523 g/mol. The van der Waals surface area contributed by atoms with Gasteiger partial charge in [0.05, 0.1) is 18.3 Å². The molecule has 1 unspecified atom stereocenters. The maximum Gasteiger partial charge on any atom is 0.303 e. The molecule has 1 aliphatic carbocycles. The van der Waals surface area contributed by atoms with Gasteiger partial charge in [0.2, 0.25) is 0 Å². The summed E-state index contributed by atoms with van der Waals surface area (Å²) < 4.78 is 42.5. The zero-order valence-corrected chi connectivity index (χ0v) is 22.4. The van der Waals surface area contributed by atoms with Crippen LogP contribution in [0.15, 0.2) is 66.7 Å². The van der Waals surface area contributed by atoms with E-state index in [-0.39, 0.29) is 24.2 Å². The Morgan fingerprint density at radius 2 is 1.65 bits per heavy atom. The lowest BCUT2D eigenvalue weighted by molar-refractivity contribution is 0.0935. The topological polar surface area (TPSA) is 69.7 Å². The van der Waals surface area contributed by atoms with Crippen LogP contribution in [0.2, 0.25) is 0 Å². The molecular formula is C29H34FN3O3S. The van der Waals surface area contributed by atoms with Crippen LogP contribution in [0.5, 0.6) is 0 Å². The maximum atomic E-state index is 14.5. The highest BCUT2D eigenvalue weighted by Crippen LogP contribution is 2.27. The normalized spacial score (nSPS) is 14.2. The van der Waals surface area contributed by atoms with Crippen LogP contribution < -0.4 is 9.62 Å². The number of aryl methyl sites for hydroxylation is 2. The van der Waals surface area contributed by atoms with Gasteiger partial charge in [-0.2, -0.15) is 12.7 Å². The van der Waals surface area contributed by atoms with Gasteiger partial charge in [-0.05, 0) is 78.6 Å². The number of amides is 1. The van der Waals surface area contributed by atoms with E-state index < -0.39 is 16.0 Å². The largest absolute Gasteiger partial charge is 0.345 e. The van der Waals surface area contributed by atoms with Crippen LogP contribution in [0.3, 0.4) is 0 Å². The molecule has 1 N–H and O–H groups in total. The van der Waals surface area contributed by atoms with Crippen molar-refractivity contribution in [2.75, 3.05) is 18.4 Å². The lowest BCUT2D eigenvalue weighted by Crippen LogP contribution is -2.40. The van der Waals surface area contributed by atoms with Crippen LogP contribution in [0, 0.1) is 5.82 Å². The lowest BCUT2D eigenvalue weighted by atomic mass is 9.88. The van der Waals surface area contributed by atoms with E-state index >= 15 is 0 Å². The fourth-order valence-corrected chi connectivity index (χ4v) is 5.81. The molecule has 1 amide bonds. The van der Waals surface area contributed by atoms with Crippen molar-refractivity contribution >= 4 is 21.8 Å². The van der Waals surface area contributed by atoms with Gasteiger partial charge >= 0.3 is 10.2 Å². The number of rotatable bonds is 9. The summed E-state index contributed by atoms with van der Waals surface area (Å²) >= 11 is 0. The van der Waals surface area contributed by atoms with Crippen LogP contribution in [0.25, 0.3) is 0 Å². The minimum Gasteiger partial charge on any atom is -0.345 e. The van der Waals surface area contributed by atoms with Gasteiger partial charge in [-0.25, -0.2) is 4.39 Å². The van der Waals surface area contributed by atoms with Crippen molar-refractivity contribution in [3.63, 3.8) is 0 Å². The molecule has 6 nitrogen and oxygen atoms in total. The van der Waals surface area contributed by atoms with Crippen LogP contribution in [0.4, 0.5) is 10.1 Å². The molecule has 196 valence electrons. The minimum atomic E-state index is -3.95. The van der Waals surface area contributed by atoms with E-state index in [0.717, 1.165) is 33.4 Å². The number of nitrogens with one attached hydrogen (secondary N) is 1. The van der Waals surface area contributed by atoms with Gasteiger partial charge < -0.3 is 5.32 Å². The Morgan fingerprint density at radius 1 is 0.973 bits per heavy atom. The molecule has 0 saturated heterocycles. The second kappa shape index (κ2) is 11.4. The Kier molecular flexibility index (Phi) is 8.29. The lowest BCUT2D eigenvalue weighted by Gasteiger charge is -2.27. The molecule has 1 atom stereocenters. The molecule has 4 rings (SSSR count). The summed E-state index contributed by atoms with van der Waals surface area (Å²) in [7, 11) is -1.14. The van der Waals surface area contributed by atoms with Gasteiger partial charge in [-0.15, -0.1) is 0 Å². The molecule has 0 saturated carbocycles. The summed E-state index contributed by atoms with van der Waals surface area (Å²) in [6.07, 6.45) is 5.41. The second-order valence-corrected chi connectivity index (χ2v) is 11.7. The zero-order valence-electron chi connectivity index (χ0n) is 21.6. The van der Waals surface area contributed by atoms with Crippen LogP contribution in [-0.2, 0) is 29.6 Å². The third kappa shape index (κ3) is 6.02. The number of nitrogens with zero attached hydrogens (tertiary/aromatic N) is 2. The molecule has 1 aliphatic rings. The number of benzene rings is 3. The van der Waals surface area contributed by atoms with E-state index in [1.165, 1.54) is 56.3 Å². The number of carbonyl (C=O) groups is 1. The van der Waals surface area contributed by atoms with Crippen molar-refractivity contribution in [3.05, 3.63) is 100 Å². The average molecular weight is 524 g/mol. The van der Waals surface area contributed by atoms with Gasteiger partial charge in [0.15, 0.2) is 0 Å². The fraction of sp³-hybridized carbons (Fsp3) is 0.345. The molecule has 3 aromatic carbocycles. The predicted molar refractivity (Wildman–Crippen MR) is 145 cm³/mol. The third-order valence-corrected chi connectivity index (χ3v) is 8.70. The Hall–Kier alpha value is -3.23. The minimum absolute atomic E-state index is 0.0335. The summed E-state index contributed by atoms with van der Waals surface area (Å²) in [5.41, 5.74) is 4.98. The molecular weight excluding hydrogens is 489 g/mol. The SMILES string of the molecule is CCC(NC(=O)c1ccc(CN(c2ccccc2F)S(=O)(=O)N(C)C)cc1)c1ccc2c(c1)CCCC2. The molecule has 37 heavy (non-hydrogen) atoms. The number of carbonyl (C=O) groups excluding carboxylic acids is 1. The number of fused-ring (bicyclic) bond motifs is 1. The highest BCUT2D eigenvalue weighted by Gasteiger charge is 2.27. The fourth-order valence-electron chi connectivity index (χ4n) is 4.70. The first-order valence-electron chi connectivity index (χ1n) is 12.7. The first-order chi connectivity index (χ1) is 17.7. The number of halogens is 1. The Bertz CT molecular complexity index is 1360. The summed E-state index contributed by atoms with van der Waals surface area (Å²) in [4.78, 5) is 13.1. The average Bonchev–Trinajstić information content (AvgIpc) is 2.90. The number of anilines is 1. The van der Waals surface area contributed by atoms with E-state index in [1.54, 1.807) is 30.3 Å². The van der Waals surface area contributed by atoms with Crippen LogP contribution >= 0.6 is 0 Å². The molecule has 0 bridgehead atoms. The summed E-state index contributed by atoms with van der Waals surface area (Å²) in [5.74, 6) is -0.820. The molecule has 8 heteroatoms. The zero-order chi connectivity index (χ0) is 26.6. The van der Waals surface area contributed by atoms with E-state index in [0.29, 0.717) is 11.1 Å². The molecule has 0 aromatic heterocycles. The molecule has 0 radical (unpaired) electrons. The van der Waals surface area contributed by atoms with E-state index in [2.05, 4.69) is 30.4 Å². The van der Waals surface area contributed by atoms with E-state index in [1.807, 2.05) is 0 Å². The van der Waals surface area contributed by atoms with Crippen molar-refractivity contribution in [1.29, 1.82) is 0 Å². The van der Waals surface area contributed by atoms with Gasteiger partial charge in [0.25, 0.3) is 5.91 Å². The van der Waals surface area contributed by atoms with Gasteiger partial charge in [0, 0.05) is 19.7 Å². The Morgan fingerprint density at radius 3 is 2.30 bits per heavy atom. The van der Waals surface area contributed by atoms with Crippen molar-refractivity contribution in [2.24, 2.45) is 0 Å². The summed E-state index contributed by atoms with van der Waals surface area (Å²) in [5, 5.41) is 3.14. The predicted octanol–water partition coefficient (Wildman–Crippen LogP) is 5.40. The van der Waals surface area contributed by atoms with Crippen molar-refractivity contribution in [3.8, 4) is 0 Å². The highest BCUT2D eigenvalue weighted by atomic mass is 32.2.